The lowest BCUT2D eigenvalue weighted by Crippen LogP contribution is -2.07. The SMILES string of the molecule is NC[C@@H](F)c1ccncc1. The molecule has 0 aromatic carbocycles. The number of aromatic nitrogens is 1. The average molecular weight is 140 g/mol. The molecule has 0 amide bonds. The van der Waals surface area contributed by atoms with Gasteiger partial charge >= 0.3 is 0 Å². The van der Waals surface area contributed by atoms with Gasteiger partial charge in [-0.2, -0.15) is 0 Å². The van der Waals surface area contributed by atoms with Crippen molar-refractivity contribution in [3.8, 4) is 0 Å². The van der Waals surface area contributed by atoms with Gasteiger partial charge in [0.1, 0.15) is 6.17 Å². The van der Waals surface area contributed by atoms with Crippen molar-refractivity contribution < 1.29 is 4.39 Å². The zero-order chi connectivity index (χ0) is 7.40. The maximum Gasteiger partial charge on any atom is 0.137 e. The Morgan fingerprint density at radius 3 is 2.60 bits per heavy atom. The third-order valence-electron chi connectivity index (χ3n) is 1.27. The van der Waals surface area contributed by atoms with Gasteiger partial charge in [-0.3, -0.25) is 4.98 Å². The van der Waals surface area contributed by atoms with Crippen LogP contribution in [0.15, 0.2) is 24.5 Å². The van der Waals surface area contributed by atoms with Gasteiger partial charge in [0.2, 0.25) is 0 Å². The van der Waals surface area contributed by atoms with E-state index in [1.807, 2.05) is 0 Å². The Balaban J connectivity index is 2.75. The predicted octanol–water partition coefficient (Wildman–Crippen LogP) is 1.05. The molecule has 1 rings (SSSR count). The fourth-order valence-electron chi connectivity index (χ4n) is 0.708. The fourth-order valence-corrected chi connectivity index (χ4v) is 0.708. The van der Waals surface area contributed by atoms with Crippen LogP contribution in [-0.4, -0.2) is 11.5 Å². The first-order valence-corrected chi connectivity index (χ1v) is 3.08. The average Bonchev–Trinajstić information content (AvgIpc) is 2.05. The molecule has 0 bridgehead atoms. The Kier molecular flexibility index (Phi) is 2.34. The van der Waals surface area contributed by atoms with E-state index >= 15 is 0 Å². The van der Waals surface area contributed by atoms with Gasteiger partial charge in [0.15, 0.2) is 0 Å². The minimum Gasteiger partial charge on any atom is -0.327 e. The molecule has 1 aromatic rings. The molecular weight excluding hydrogens is 131 g/mol. The molecule has 3 heteroatoms. The van der Waals surface area contributed by atoms with E-state index in [1.54, 1.807) is 24.5 Å². The van der Waals surface area contributed by atoms with Gasteiger partial charge in [-0.05, 0) is 17.7 Å². The van der Waals surface area contributed by atoms with E-state index in [1.165, 1.54) is 0 Å². The summed E-state index contributed by atoms with van der Waals surface area (Å²) in [7, 11) is 0. The lowest BCUT2D eigenvalue weighted by Gasteiger charge is -2.02. The Bertz CT molecular complexity index is 188. The van der Waals surface area contributed by atoms with E-state index in [0.717, 1.165) is 0 Å². The minimum absolute atomic E-state index is 0.0318. The lowest BCUT2D eigenvalue weighted by atomic mass is 10.2. The zero-order valence-electron chi connectivity index (χ0n) is 5.50. The van der Waals surface area contributed by atoms with Gasteiger partial charge in [0, 0.05) is 18.9 Å². The minimum atomic E-state index is -1.05. The molecule has 0 aliphatic carbocycles. The highest BCUT2D eigenvalue weighted by molar-refractivity contribution is 5.13. The summed E-state index contributed by atoms with van der Waals surface area (Å²) in [6, 6.07) is 3.25. The van der Waals surface area contributed by atoms with Crippen molar-refractivity contribution in [2.75, 3.05) is 6.54 Å². The summed E-state index contributed by atoms with van der Waals surface area (Å²) in [5.74, 6) is 0. The van der Waals surface area contributed by atoms with Crippen LogP contribution in [0.4, 0.5) is 4.39 Å². The summed E-state index contributed by atoms with van der Waals surface area (Å²) in [5, 5.41) is 0. The number of nitrogens with zero attached hydrogens (tertiary/aromatic N) is 1. The fraction of sp³-hybridized carbons (Fsp3) is 0.286. The first-order chi connectivity index (χ1) is 4.84. The Morgan fingerprint density at radius 2 is 2.10 bits per heavy atom. The highest BCUT2D eigenvalue weighted by Crippen LogP contribution is 2.13. The number of rotatable bonds is 2. The lowest BCUT2D eigenvalue weighted by molar-refractivity contribution is 0.352. The van der Waals surface area contributed by atoms with Gasteiger partial charge in [0.25, 0.3) is 0 Å². The number of halogens is 1. The molecule has 0 unspecified atom stereocenters. The zero-order valence-corrected chi connectivity index (χ0v) is 5.50. The summed E-state index contributed by atoms with van der Waals surface area (Å²) in [5.41, 5.74) is 5.70. The monoisotopic (exact) mass is 140 g/mol. The molecule has 1 atom stereocenters. The molecule has 2 N–H and O–H groups in total. The van der Waals surface area contributed by atoms with E-state index in [0.29, 0.717) is 5.56 Å². The number of hydrogen-bond donors (Lipinski definition) is 1. The van der Waals surface area contributed by atoms with Crippen LogP contribution < -0.4 is 5.73 Å². The second kappa shape index (κ2) is 3.27. The van der Waals surface area contributed by atoms with Crippen molar-refractivity contribution in [3.05, 3.63) is 30.1 Å². The first-order valence-electron chi connectivity index (χ1n) is 3.08. The topological polar surface area (TPSA) is 38.9 Å². The van der Waals surface area contributed by atoms with E-state index in [-0.39, 0.29) is 6.54 Å². The van der Waals surface area contributed by atoms with Crippen LogP contribution in [-0.2, 0) is 0 Å². The highest BCUT2D eigenvalue weighted by Gasteiger charge is 2.04. The van der Waals surface area contributed by atoms with Gasteiger partial charge < -0.3 is 5.73 Å². The van der Waals surface area contributed by atoms with E-state index in [4.69, 9.17) is 5.73 Å². The van der Waals surface area contributed by atoms with Crippen LogP contribution >= 0.6 is 0 Å². The van der Waals surface area contributed by atoms with Crippen LogP contribution in [0.5, 0.6) is 0 Å². The van der Waals surface area contributed by atoms with E-state index in [9.17, 15) is 4.39 Å². The molecule has 2 nitrogen and oxygen atoms in total. The van der Waals surface area contributed by atoms with Gasteiger partial charge in [-0.25, -0.2) is 4.39 Å². The number of nitrogens with two attached hydrogens (primary N) is 1. The molecular formula is C7H9FN2. The second-order valence-electron chi connectivity index (χ2n) is 1.98. The van der Waals surface area contributed by atoms with E-state index in [2.05, 4.69) is 4.98 Å². The molecule has 0 spiro atoms. The second-order valence-corrected chi connectivity index (χ2v) is 1.98. The molecule has 54 valence electrons. The summed E-state index contributed by atoms with van der Waals surface area (Å²) in [6.45, 7) is 0.0318. The van der Waals surface area contributed by atoms with Gasteiger partial charge in [-0.1, -0.05) is 0 Å². The molecule has 0 aliphatic heterocycles. The summed E-state index contributed by atoms with van der Waals surface area (Å²) >= 11 is 0. The normalized spacial score (nSPS) is 13.0. The molecule has 10 heavy (non-hydrogen) atoms. The highest BCUT2D eigenvalue weighted by atomic mass is 19.1. The molecule has 0 aliphatic rings. The molecule has 0 fully saturated rings. The summed E-state index contributed by atoms with van der Waals surface area (Å²) < 4.78 is 12.7. The van der Waals surface area contributed by atoms with Crippen LogP contribution in [0.25, 0.3) is 0 Å². The van der Waals surface area contributed by atoms with Gasteiger partial charge in [-0.15, -0.1) is 0 Å². The molecule has 1 aromatic heterocycles. The van der Waals surface area contributed by atoms with Crippen LogP contribution in [0, 0.1) is 0 Å². The predicted molar refractivity (Wildman–Crippen MR) is 37.1 cm³/mol. The summed E-state index contributed by atoms with van der Waals surface area (Å²) in [6.07, 6.45) is 2.05. The third-order valence-corrected chi connectivity index (χ3v) is 1.27. The Morgan fingerprint density at radius 1 is 1.50 bits per heavy atom. The Labute approximate surface area is 58.9 Å². The number of hydrogen-bond acceptors (Lipinski definition) is 2. The van der Waals surface area contributed by atoms with Crippen molar-refractivity contribution in [1.82, 2.24) is 4.98 Å². The van der Waals surface area contributed by atoms with Crippen molar-refractivity contribution in [1.29, 1.82) is 0 Å². The van der Waals surface area contributed by atoms with E-state index < -0.39 is 6.17 Å². The Hall–Kier alpha value is -0.960. The third kappa shape index (κ3) is 1.51. The molecule has 0 saturated heterocycles. The quantitative estimate of drug-likeness (QED) is 0.666. The first kappa shape index (κ1) is 7.15. The van der Waals surface area contributed by atoms with Crippen molar-refractivity contribution in [2.24, 2.45) is 5.73 Å². The maximum atomic E-state index is 12.7. The van der Waals surface area contributed by atoms with Crippen LogP contribution in [0.2, 0.25) is 0 Å². The molecule has 0 radical (unpaired) electrons. The molecule has 1 heterocycles. The number of alkyl halides is 1. The van der Waals surface area contributed by atoms with Crippen molar-refractivity contribution in [3.63, 3.8) is 0 Å². The maximum absolute atomic E-state index is 12.7. The largest absolute Gasteiger partial charge is 0.327 e. The summed E-state index contributed by atoms with van der Waals surface area (Å²) in [4.78, 5) is 3.75. The smallest absolute Gasteiger partial charge is 0.137 e. The standard InChI is InChI=1S/C7H9FN2/c8-7(5-9)6-1-3-10-4-2-6/h1-4,7H,5,9H2/t7-/m1/s1. The number of pyridine rings is 1. The van der Waals surface area contributed by atoms with Crippen LogP contribution in [0.1, 0.15) is 11.7 Å². The molecule has 0 saturated carbocycles. The van der Waals surface area contributed by atoms with Crippen LogP contribution in [0.3, 0.4) is 0 Å². The van der Waals surface area contributed by atoms with Gasteiger partial charge in [0.05, 0.1) is 0 Å². The van der Waals surface area contributed by atoms with Crippen molar-refractivity contribution >= 4 is 0 Å². The van der Waals surface area contributed by atoms with Crippen molar-refractivity contribution in [2.45, 2.75) is 6.17 Å².